The first kappa shape index (κ1) is 18.4. The van der Waals surface area contributed by atoms with Gasteiger partial charge in [0, 0.05) is 24.4 Å². The van der Waals surface area contributed by atoms with Gasteiger partial charge < -0.3 is 9.84 Å². The highest BCUT2D eigenvalue weighted by Gasteiger charge is 2.33. The Hall–Kier alpha value is -1.43. The van der Waals surface area contributed by atoms with E-state index in [0.717, 1.165) is 38.4 Å². The van der Waals surface area contributed by atoms with Gasteiger partial charge in [0.25, 0.3) is 0 Å². The zero-order valence-electron chi connectivity index (χ0n) is 16.0. The lowest BCUT2D eigenvalue weighted by Gasteiger charge is -2.32. The molecule has 1 aromatic heterocycles. The molecule has 0 bridgehead atoms. The summed E-state index contributed by atoms with van der Waals surface area (Å²) in [5, 5.41) is 7.29. The summed E-state index contributed by atoms with van der Waals surface area (Å²) in [7, 11) is 0. The molecule has 1 saturated carbocycles. The summed E-state index contributed by atoms with van der Waals surface area (Å²) >= 11 is 0. The third-order valence-corrected chi connectivity index (χ3v) is 5.39. The highest BCUT2D eigenvalue weighted by Crippen LogP contribution is 2.36. The maximum Gasteiger partial charge on any atom is 0.232 e. The normalized spacial score (nSPS) is 23.4. The third kappa shape index (κ3) is 5.03. The first-order chi connectivity index (χ1) is 11.8. The zero-order chi connectivity index (χ0) is 18.0. The summed E-state index contributed by atoms with van der Waals surface area (Å²) in [6.45, 7) is 11.8. The zero-order valence-corrected chi connectivity index (χ0v) is 16.0. The molecule has 6 heteroatoms. The van der Waals surface area contributed by atoms with Crippen LogP contribution in [0.3, 0.4) is 0 Å². The second kappa shape index (κ2) is 7.44. The minimum Gasteiger partial charge on any atom is -0.356 e. The van der Waals surface area contributed by atoms with Crippen molar-refractivity contribution in [3.05, 3.63) is 11.7 Å². The van der Waals surface area contributed by atoms with E-state index in [9.17, 15) is 4.79 Å². The third-order valence-electron chi connectivity index (χ3n) is 5.39. The van der Waals surface area contributed by atoms with Gasteiger partial charge in [-0.1, -0.05) is 32.9 Å². The lowest BCUT2D eigenvalue weighted by molar-refractivity contribution is -0.125. The van der Waals surface area contributed by atoms with Crippen LogP contribution < -0.4 is 5.32 Å². The second-order valence-electron chi connectivity index (χ2n) is 8.88. The maximum absolute atomic E-state index is 12.2. The van der Waals surface area contributed by atoms with Crippen LogP contribution in [0, 0.1) is 17.8 Å². The molecule has 140 valence electrons. The lowest BCUT2D eigenvalue weighted by Crippen LogP contribution is -2.42. The largest absolute Gasteiger partial charge is 0.356 e. The van der Waals surface area contributed by atoms with E-state index in [1.54, 1.807) is 0 Å². The van der Waals surface area contributed by atoms with Gasteiger partial charge in [0.2, 0.25) is 11.8 Å². The fraction of sp³-hybridized carbons (Fsp3) is 0.842. The number of hydrogen-bond acceptors (Lipinski definition) is 5. The molecule has 0 spiro atoms. The Balaban J connectivity index is 1.46. The number of amides is 1. The van der Waals surface area contributed by atoms with Crippen LogP contribution in [0.15, 0.2) is 4.52 Å². The molecule has 1 aliphatic heterocycles. The molecule has 2 atom stereocenters. The molecule has 0 aromatic carbocycles. The molecule has 1 saturated heterocycles. The molecule has 1 aliphatic carbocycles. The molecule has 6 nitrogen and oxygen atoms in total. The van der Waals surface area contributed by atoms with Crippen molar-refractivity contribution in [1.29, 1.82) is 0 Å². The van der Waals surface area contributed by atoms with E-state index in [1.807, 2.05) is 0 Å². The Morgan fingerprint density at radius 3 is 2.76 bits per heavy atom. The van der Waals surface area contributed by atoms with E-state index in [0.29, 0.717) is 17.7 Å². The highest BCUT2D eigenvalue weighted by molar-refractivity contribution is 5.78. The van der Waals surface area contributed by atoms with Gasteiger partial charge in [-0.15, -0.1) is 0 Å². The number of carbonyl (C=O) groups excluding carboxylic acids is 1. The highest BCUT2D eigenvalue weighted by atomic mass is 16.5. The van der Waals surface area contributed by atoms with Gasteiger partial charge in [-0.05, 0) is 44.1 Å². The van der Waals surface area contributed by atoms with Crippen LogP contribution in [0.4, 0.5) is 0 Å². The minimum atomic E-state index is -0.113. The smallest absolute Gasteiger partial charge is 0.232 e. The summed E-state index contributed by atoms with van der Waals surface area (Å²) in [5.74, 6) is 2.99. The first-order valence-corrected chi connectivity index (χ1v) is 9.66. The number of likely N-dealkylation sites (tertiary alicyclic amines) is 1. The van der Waals surface area contributed by atoms with Crippen LogP contribution in [0.2, 0.25) is 0 Å². The van der Waals surface area contributed by atoms with Gasteiger partial charge in [-0.3, -0.25) is 9.69 Å². The number of nitrogens with one attached hydrogen (secondary N) is 1. The molecule has 2 heterocycles. The van der Waals surface area contributed by atoms with E-state index in [2.05, 4.69) is 48.1 Å². The van der Waals surface area contributed by atoms with E-state index in [1.165, 1.54) is 19.3 Å². The topological polar surface area (TPSA) is 71.3 Å². The SMILES string of the molecule is C[C@@H](C(=O)NC[C@@H]1CCCN(Cc2noc(C(C)(C)C)n2)C1)C1CC1. The Morgan fingerprint density at radius 2 is 2.12 bits per heavy atom. The number of aromatic nitrogens is 2. The van der Waals surface area contributed by atoms with Gasteiger partial charge in [0.1, 0.15) is 0 Å². The van der Waals surface area contributed by atoms with Crippen molar-refractivity contribution < 1.29 is 9.32 Å². The Labute approximate surface area is 150 Å². The Bertz CT molecular complexity index is 588. The van der Waals surface area contributed by atoms with Crippen molar-refractivity contribution >= 4 is 5.91 Å². The lowest BCUT2D eigenvalue weighted by atomic mass is 9.97. The molecule has 2 fully saturated rings. The summed E-state index contributed by atoms with van der Waals surface area (Å²) < 4.78 is 5.39. The fourth-order valence-corrected chi connectivity index (χ4v) is 3.50. The van der Waals surface area contributed by atoms with Crippen molar-refractivity contribution in [2.75, 3.05) is 19.6 Å². The number of rotatable bonds is 6. The quantitative estimate of drug-likeness (QED) is 0.856. The molecule has 1 amide bonds. The van der Waals surface area contributed by atoms with Crippen LogP contribution in [0.5, 0.6) is 0 Å². The van der Waals surface area contributed by atoms with Gasteiger partial charge in [0.15, 0.2) is 5.82 Å². The molecule has 0 radical (unpaired) electrons. The van der Waals surface area contributed by atoms with E-state index >= 15 is 0 Å². The van der Waals surface area contributed by atoms with Crippen LogP contribution in [0.1, 0.15) is 65.1 Å². The second-order valence-corrected chi connectivity index (χ2v) is 8.88. The maximum atomic E-state index is 12.2. The summed E-state index contributed by atoms with van der Waals surface area (Å²) in [5.41, 5.74) is -0.113. The molecule has 1 aromatic rings. The van der Waals surface area contributed by atoms with Gasteiger partial charge in [0.05, 0.1) is 6.54 Å². The Kier molecular flexibility index (Phi) is 5.46. The standard InChI is InChI=1S/C19H32N4O2/c1-13(15-7-8-15)17(24)20-10-14-6-5-9-23(11-14)12-16-21-18(25-22-16)19(2,3)4/h13-15H,5-12H2,1-4H3,(H,20,24)/t13-,14+/m1/s1. The van der Waals surface area contributed by atoms with E-state index < -0.39 is 0 Å². The van der Waals surface area contributed by atoms with Crippen molar-refractivity contribution in [3.8, 4) is 0 Å². The average molecular weight is 348 g/mol. The van der Waals surface area contributed by atoms with Gasteiger partial charge in [-0.2, -0.15) is 4.98 Å². The van der Waals surface area contributed by atoms with Crippen LogP contribution >= 0.6 is 0 Å². The molecule has 0 unspecified atom stereocenters. The Morgan fingerprint density at radius 1 is 1.36 bits per heavy atom. The van der Waals surface area contributed by atoms with Gasteiger partial charge in [-0.25, -0.2) is 0 Å². The number of hydrogen-bond donors (Lipinski definition) is 1. The molecular weight excluding hydrogens is 316 g/mol. The summed E-state index contributed by atoms with van der Waals surface area (Å²) in [4.78, 5) is 19.1. The van der Waals surface area contributed by atoms with E-state index in [-0.39, 0.29) is 17.2 Å². The monoisotopic (exact) mass is 348 g/mol. The predicted octanol–water partition coefficient (Wildman–Crippen LogP) is 2.74. The van der Waals surface area contributed by atoms with Crippen molar-refractivity contribution in [2.24, 2.45) is 17.8 Å². The molecule has 1 N–H and O–H groups in total. The molecular formula is C19H32N4O2. The summed E-state index contributed by atoms with van der Waals surface area (Å²) in [6, 6.07) is 0. The molecule has 2 aliphatic rings. The predicted molar refractivity (Wildman–Crippen MR) is 95.9 cm³/mol. The van der Waals surface area contributed by atoms with Gasteiger partial charge >= 0.3 is 0 Å². The minimum absolute atomic E-state index is 0.113. The van der Waals surface area contributed by atoms with Crippen LogP contribution in [-0.2, 0) is 16.8 Å². The average Bonchev–Trinajstić information content (AvgIpc) is 3.30. The number of carbonyl (C=O) groups is 1. The fourth-order valence-electron chi connectivity index (χ4n) is 3.50. The van der Waals surface area contributed by atoms with Crippen molar-refractivity contribution in [3.63, 3.8) is 0 Å². The van der Waals surface area contributed by atoms with Crippen LogP contribution in [0.25, 0.3) is 0 Å². The van der Waals surface area contributed by atoms with Crippen molar-refractivity contribution in [1.82, 2.24) is 20.4 Å². The van der Waals surface area contributed by atoms with E-state index in [4.69, 9.17) is 4.52 Å². The first-order valence-electron chi connectivity index (χ1n) is 9.66. The molecule has 25 heavy (non-hydrogen) atoms. The molecule has 3 rings (SSSR count). The summed E-state index contributed by atoms with van der Waals surface area (Å²) in [6.07, 6.45) is 4.76. The number of nitrogens with zero attached hydrogens (tertiary/aromatic N) is 3. The number of piperidine rings is 1. The van der Waals surface area contributed by atoms with Crippen LogP contribution in [-0.4, -0.2) is 40.6 Å². The van der Waals surface area contributed by atoms with Crippen molar-refractivity contribution in [2.45, 2.75) is 65.3 Å².